The van der Waals surface area contributed by atoms with Crippen LogP contribution in [-0.2, 0) is 0 Å². The molecule has 0 bridgehead atoms. The summed E-state index contributed by atoms with van der Waals surface area (Å²) < 4.78 is 0. The van der Waals surface area contributed by atoms with Crippen molar-refractivity contribution in [3.63, 3.8) is 0 Å². The van der Waals surface area contributed by atoms with Gasteiger partial charge in [0, 0.05) is 11.9 Å². The third kappa shape index (κ3) is 2.76. The number of hydrogen-bond acceptors (Lipinski definition) is 4. The van der Waals surface area contributed by atoms with Gasteiger partial charge in [0.2, 0.25) is 0 Å². The summed E-state index contributed by atoms with van der Waals surface area (Å²) in [7, 11) is 0. The van der Waals surface area contributed by atoms with Gasteiger partial charge in [-0.05, 0) is 43.7 Å². The monoisotopic (exact) mass is 295 g/mol. The van der Waals surface area contributed by atoms with Crippen molar-refractivity contribution in [2.24, 2.45) is 0 Å². The Labute approximate surface area is 127 Å². The van der Waals surface area contributed by atoms with E-state index in [1.807, 2.05) is 32.0 Å². The Morgan fingerprint density at radius 2 is 2.14 bits per heavy atom. The number of carbonyl (C=O) groups excluding carboxylic acids is 1. The number of nitrogen functional groups attached to an aromatic ring is 1. The molecule has 112 valence electrons. The average Bonchev–Trinajstić information content (AvgIpc) is 2.90. The summed E-state index contributed by atoms with van der Waals surface area (Å²) in [6, 6.07) is 8.92. The summed E-state index contributed by atoms with van der Waals surface area (Å²) in [5.74, 6) is 0.425. The van der Waals surface area contributed by atoms with E-state index in [0.717, 1.165) is 16.6 Å². The molecule has 1 atom stereocenters. The van der Waals surface area contributed by atoms with Crippen LogP contribution in [-0.4, -0.2) is 20.9 Å². The topological polar surface area (TPSA) is 96.7 Å². The lowest BCUT2D eigenvalue weighted by atomic mass is 10.2. The molecule has 6 nitrogen and oxygen atoms in total. The molecule has 3 rings (SSSR count). The van der Waals surface area contributed by atoms with Gasteiger partial charge in [-0.3, -0.25) is 9.78 Å². The molecule has 0 saturated carbocycles. The Balaban J connectivity index is 1.80. The SMILES string of the molecule is Cc1ccc2nc([C@H](C)NC(=O)c3cc(N)ccn3)[nH]c2c1. The van der Waals surface area contributed by atoms with Crippen LogP contribution >= 0.6 is 0 Å². The minimum atomic E-state index is -0.281. The van der Waals surface area contributed by atoms with Crippen molar-refractivity contribution >= 4 is 22.6 Å². The average molecular weight is 295 g/mol. The Morgan fingerprint density at radius 3 is 2.91 bits per heavy atom. The van der Waals surface area contributed by atoms with Crippen LogP contribution in [0.3, 0.4) is 0 Å². The van der Waals surface area contributed by atoms with Crippen molar-refractivity contribution in [3.05, 3.63) is 53.6 Å². The summed E-state index contributed by atoms with van der Waals surface area (Å²) >= 11 is 0. The molecule has 1 amide bonds. The van der Waals surface area contributed by atoms with Crippen LogP contribution in [0.2, 0.25) is 0 Å². The lowest BCUT2D eigenvalue weighted by Crippen LogP contribution is -2.28. The fraction of sp³-hybridized carbons (Fsp3) is 0.188. The molecule has 2 heterocycles. The molecule has 0 radical (unpaired) electrons. The zero-order chi connectivity index (χ0) is 15.7. The number of nitrogens with two attached hydrogens (primary N) is 1. The molecule has 4 N–H and O–H groups in total. The quantitative estimate of drug-likeness (QED) is 0.691. The van der Waals surface area contributed by atoms with Crippen LogP contribution in [0.1, 0.15) is 34.8 Å². The van der Waals surface area contributed by atoms with Gasteiger partial charge in [-0.15, -0.1) is 0 Å². The highest BCUT2D eigenvalue weighted by Crippen LogP contribution is 2.17. The Morgan fingerprint density at radius 1 is 1.32 bits per heavy atom. The summed E-state index contributed by atoms with van der Waals surface area (Å²) in [5.41, 5.74) is 9.45. The van der Waals surface area contributed by atoms with Crippen molar-refractivity contribution in [2.75, 3.05) is 5.73 Å². The predicted octanol–water partition coefficient (Wildman–Crippen LogP) is 2.34. The molecule has 0 aliphatic rings. The minimum absolute atomic E-state index is 0.261. The first-order valence-corrected chi connectivity index (χ1v) is 7.01. The lowest BCUT2D eigenvalue weighted by Gasteiger charge is -2.11. The Kier molecular flexibility index (Phi) is 3.50. The van der Waals surface area contributed by atoms with Crippen molar-refractivity contribution in [2.45, 2.75) is 19.9 Å². The largest absolute Gasteiger partial charge is 0.399 e. The van der Waals surface area contributed by atoms with E-state index in [0.29, 0.717) is 17.2 Å². The van der Waals surface area contributed by atoms with Crippen LogP contribution in [0, 0.1) is 6.92 Å². The van der Waals surface area contributed by atoms with Gasteiger partial charge < -0.3 is 16.0 Å². The third-order valence-electron chi connectivity index (χ3n) is 3.43. The van der Waals surface area contributed by atoms with Gasteiger partial charge in [0.25, 0.3) is 5.91 Å². The zero-order valence-corrected chi connectivity index (χ0v) is 12.4. The van der Waals surface area contributed by atoms with Gasteiger partial charge in [0.05, 0.1) is 17.1 Å². The van der Waals surface area contributed by atoms with Crippen LogP contribution < -0.4 is 11.1 Å². The van der Waals surface area contributed by atoms with E-state index < -0.39 is 0 Å². The van der Waals surface area contributed by atoms with E-state index in [4.69, 9.17) is 5.73 Å². The molecule has 0 aliphatic heterocycles. The molecular formula is C16H17N5O. The predicted molar refractivity (Wildman–Crippen MR) is 85.4 cm³/mol. The molecule has 0 spiro atoms. The standard InChI is InChI=1S/C16H17N5O/c1-9-3-4-12-13(7-9)21-15(20-12)10(2)19-16(22)14-8-11(17)5-6-18-14/h3-8,10H,1-2H3,(H2,17,18)(H,19,22)(H,20,21)/t10-/m0/s1. The maximum Gasteiger partial charge on any atom is 0.270 e. The second kappa shape index (κ2) is 5.48. The van der Waals surface area contributed by atoms with E-state index in [1.165, 1.54) is 6.20 Å². The van der Waals surface area contributed by atoms with Crippen molar-refractivity contribution < 1.29 is 4.79 Å². The van der Waals surface area contributed by atoms with E-state index in [9.17, 15) is 4.79 Å². The summed E-state index contributed by atoms with van der Waals surface area (Å²) in [6.45, 7) is 3.89. The number of imidazole rings is 1. The first-order valence-electron chi connectivity index (χ1n) is 7.01. The van der Waals surface area contributed by atoms with Crippen molar-refractivity contribution in [1.29, 1.82) is 0 Å². The number of benzene rings is 1. The van der Waals surface area contributed by atoms with Gasteiger partial charge in [-0.2, -0.15) is 0 Å². The normalized spacial score (nSPS) is 12.3. The Hall–Kier alpha value is -2.89. The second-order valence-electron chi connectivity index (χ2n) is 5.31. The van der Waals surface area contributed by atoms with Gasteiger partial charge in [-0.1, -0.05) is 6.07 Å². The molecule has 22 heavy (non-hydrogen) atoms. The minimum Gasteiger partial charge on any atom is -0.399 e. The number of carbonyl (C=O) groups is 1. The van der Waals surface area contributed by atoms with Crippen LogP contribution in [0.5, 0.6) is 0 Å². The fourth-order valence-corrected chi connectivity index (χ4v) is 2.26. The number of H-pyrrole nitrogens is 1. The van der Waals surface area contributed by atoms with Gasteiger partial charge >= 0.3 is 0 Å². The number of anilines is 1. The molecule has 3 aromatic rings. The van der Waals surface area contributed by atoms with Crippen LogP contribution in [0.4, 0.5) is 5.69 Å². The number of aryl methyl sites for hydroxylation is 1. The highest BCUT2D eigenvalue weighted by atomic mass is 16.1. The molecule has 1 aromatic carbocycles. The van der Waals surface area contributed by atoms with E-state index >= 15 is 0 Å². The molecule has 2 aromatic heterocycles. The van der Waals surface area contributed by atoms with Gasteiger partial charge in [0.15, 0.2) is 0 Å². The van der Waals surface area contributed by atoms with E-state index in [2.05, 4.69) is 20.3 Å². The van der Waals surface area contributed by atoms with Gasteiger partial charge in [0.1, 0.15) is 11.5 Å². The fourth-order valence-electron chi connectivity index (χ4n) is 2.26. The number of rotatable bonds is 3. The number of aromatic nitrogens is 3. The molecular weight excluding hydrogens is 278 g/mol. The highest BCUT2D eigenvalue weighted by Gasteiger charge is 2.15. The molecule has 0 aliphatic carbocycles. The molecule has 6 heteroatoms. The smallest absolute Gasteiger partial charge is 0.270 e. The zero-order valence-electron chi connectivity index (χ0n) is 12.4. The second-order valence-corrected chi connectivity index (χ2v) is 5.31. The number of fused-ring (bicyclic) bond motifs is 1. The molecule has 0 unspecified atom stereocenters. The first-order chi connectivity index (χ1) is 10.5. The number of hydrogen-bond donors (Lipinski definition) is 3. The van der Waals surface area contributed by atoms with Crippen molar-refractivity contribution in [3.8, 4) is 0 Å². The van der Waals surface area contributed by atoms with Crippen LogP contribution in [0.25, 0.3) is 11.0 Å². The van der Waals surface area contributed by atoms with E-state index in [1.54, 1.807) is 12.1 Å². The number of amides is 1. The van der Waals surface area contributed by atoms with Crippen LogP contribution in [0.15, 0.2) is 36.5 Å². The summed E-state index contributed by atoms with van der Waals surface area (Å²) in [6.07, 6.45) is 1.51. The number of pyridine rings is 1. The summed E-state index contributed by atoms with van der Waals surface area (Å²) in [4.78, 5) is 23.9. The summed E-state index contributed by atoms with van der Waals surface area (Å²) in [5, 5.41) is 2.86. The van der Waals surface area contributed by atoms with Crippen molar-refractivity contribution in [1.82, 2.24) is 20.3 Å². The number of aromatic amines is 1. The maximum atomic E-state index is 12.2. The Bertz CT molecular complexity index is 839. The third-order valence-corrected chi connectivity index (χ3v) is 3.43. The molecule has 0 fully saturated rings. The number of nitrogens with one attached hydrogen (secondary N) is 2. The number of nitrogens with zero attached hydrogens (tertiary/aromatic N) is 2. The first kappa shape index (κ1) is 14.1. The maximum absolute atomic E-state index is 12.2. The lowest BCUT2D eigenvalue weighted by molar-refractivity contribution is 0.0933. The molecule has 0 saturated heterocycles. The van der Waals surface area contributed by atoms with E-state index in [-0.39, 0.29) is 11.9 Å². The van der Waals surface area contributed by atoms with Gasteiger partial charge in [-0.25, -0.2) is 4.98 Å². The highest BCUT2D eigenvalue weighted by molar-refractivity contribution is 5.93.